The minimum absolute atomic E-state index is 0.654. The van der Waals surface area contributed by atoms with E-state index in [0.717, 1.165) is 12.5 Å². The van der Waals surface area contributed by atoms with E-state index in [1.807, 2.05) is 0 Å². The van der Waals surface area contributed by atoms with Gasteiger partial charge in [-0.3, -0.25) is 0 Å². The third-order valence-electron chi connectivity index (χ3n) is 2.81. The Morgan fingerprint density at radius 3 is 2.33 bits per heavy atom. The quantitative estimate of drug-likeness (QED) is 0.608. The predicted molar refractivity (Wildman–Crippen MR) is 38.1 cm³/mol. The van der Waals surface area contributed by atoms with E-state index in [9.17, 15) is 0 Å². The third kappa shape index (κ3) is 1.11. The van der Waals surface area contributed by atoms with Crippen LogP contribution in [0, 0.1) is 11.3 Å². The molecule has 2 aliphatic rings. The summed E-state index contributed by atoms with van der Waals surface area (Å²) in [7, 11) is 0. The van der Waals surface area contributed by atoms with Crippen molar-refractivity contribution in [2.24, 2.45) is 17.1 Å². The molecule has 0 atom stereocenters. The lowest BCUT2D eigenvalue weighted by molar-refractivity contribution is 0.446. The predicted octanol–water partition coefficient (Wildman–Crippen LogP) is 1.53. The molecule has 1 heteroatoms. The zero-order valence-corrected chi connectivity index (χ0v) is 5.90. The summed E-state index contributed by atoms with van der Waals surface area (Å²) in [5, 5.41) is 0. The first kappa shape index (κ1) is 5.72. The van der Waals surface area contributed by atoms with Gasteiger partial charge in [-0.2, -0.15) is 0 Å². The average molecular weight is 125 g/mol. The lowest BCUT2D eigenvalue weighted by Crippen LogP contribution is -2.15. The largest absolute Gasteiger partial charge is 0.330 e. The maximum Gasteiger partial charge on any atom is -0.00204 e. The SMILES string of the molecule is NCC1(CC2CC2)CC1. The van der Waals surface area contributed by atoms with Crippen molar-refractivity contribution >= 4 is 0 Å². The lowest BCUT2D eigenvalue weighted by Gasteiger charge is -2.09. The first-order valence-electron chi connectivity index (χ1n) is 4.05. The van der Waals surface area contributed by atoms with Gasteiger partial charge < -0.3 is 5.73 Å². The molecule has 1 nitrogen and oxygen atoms in total. The van der Waals surface area contributed by atoms with Crippen molar-refractivity contribution < 1.29 is 0 Å². The molecule has 0 saturated heterocycles. The number of rotatable bonds is 3. The molecular weight excluding hydrogens is 110 g/mol. The molecule has 0 aromatic rings. The first-order valence-corrected chi connectivity index (χ1v) is 4.05. The topological polar surface area (TPSA) is 26.0 Å². The number of hydrogen-bond donors (Lipinski definition) is 1. The Morgan fingerprint density at radius 1 is 1.33 bits per heavy atom. The Morgan fingerprint density at radius 2 is 2.00 bits per heavy atom. The Hall–Kier alpha value is -0.0400. The molecule has 0 radical (unpaired) electrons. The van der Waals surface area contributed by atoms with Crippen molar-refractivity contribution in [3.05, 3.63) is 0 Å². The Kier molecular flexibility index (Phi) is 1.10. The molecule has 0 aliphatic heterocycles. The Bertz CT molecular complexity index is 112. The van der Waals surface area contributed by atoms with Gasteiger partial charge in [0.05, 0.1) is 0 Å². The first-order chi connectivity index (χ1) is 4.35. The summed E-state index contributed by atoms with van der Waals surface area (Å²) in [6.07, 6.45) is 7.26. The third-order valence-corrected chi connectivity index (χ3v) is 2.81. The minimum Gasteiger partial charge on any atom is -0.330 e. The molecule has 52 valence electrons. The standard InChI is InChI=1S/C8H15N/c9-6-8(3-4-8)5-7-1-2-7/h7H,1-6,9H2. The van der Waals surface area contributed by atoms with E-state index in [4.69, 9.17) is 5.73 Å². The molecule has 0 heterocycles. The minimum atomic E-state index is 0.654. The van der Waals surface area contributed by atoms with E-state index in [1.54, 1.807) is 0 Å². The van der Waals surface area contributed by atoms with E-state index >= 15 is 0 Å². The smallest absolute Gasteiger partial charge is 0.00204 e. The van der Waals surface area contributed by atoms with Gasteiger partial charge in [0.15, 0.2) is 0 Å². The van der Waals surface area contributed by atoms with Gasteiger partial charge in [-0.05, 0) is 37.1 Å². The van der Waals surface area contributed by atoms with Gasteiger partial charge in [0, 0.05) is 0 Å². The summed E-state index contributed by atoms with van der Waals surface area (Å²) >= 11 is 0. The highest BCUT2D eigenvalue weighted by atomic mass is 14.7. The fourth-order valence-electron chi connectivity index (χ4n) is 1.60. The van der Waals surface area contributed by atoms with Gasteiger partial charge in [-0.25, -0.2) is 0 Å². The molecule has 2 saturated carbocycles. The molecule has 0 spiro atoms. The van der Waals surface area contributed by atoms with Crippen molar-refractivity contribution in [3.63, 3.8) is 0 Å². The van der Waals surface area contributed by atoms with E-state index in [2.05, 4.69) is 0 Å². The van der Waals surface area contributed by atoms with Gasteiger partial charge in [-0.1, -0.05) is 12.8 Å². The molecule has 2 N–H and O–H groups in total. The summed E-state index contributed by atoms with van der Waals surface area (Å²) in [5.74, 6) is 1.08. The average Bonchev–Trinajstić information content (AvgIpc) is 2.68. The van der Waals surface area contributed by atoms with Gasteiger partial charge in [0.2, 0.25) is 0 Å². The molecule has 0 bridgehead atoms. The van der Waals surface area contributed by atoms with Crippen molar-refractivity contribution in [2.45, 2.75) is 32.1 Å². The molecule has 2 aliphatic carbocycles. The van der Waals surface area contributed by atoms with Crippen LogP contribution in [0.3, 0.4) is 0 Å². The van der Waals surface area contributed by atoms with Crippen LogP contribution in [-0.4, -0.2) is 6.54 Å². The zero-order chi connectivity index (χ0) is 6.32. The Balaban J connectivity index is 1.81. The van der Waals surface area contributed by atoms with Crippen LogP contribution < -0.4 is 5.73 Å². The normalized spacial score (nSPS) is 30.3. The van der Waals surface area contributed by atoms with E-state index < -0.39 is 0 Å². The van der Waals surface area contributed by atoms with Gasteiger partial charge >= 0.3 is 0 Å². The van der Waals surface area contributed by atoms with E-state index in [-0.39, 0.29) is 0 Å². The molecule has 9 heavy (non-hydrogen) atoms. The van der Waals surface area contributed by atoms with Gasteiger partial charge in [0.1, 0.15) is 0 Å². The highest BCUT2D eigenvalue weighted by Crippen LogP contribution is 2.54. The van der Waals surface area contributed by atoms with Crippen molar-refractivity contribution in [2.75, 3.05) is 6.54 Å². The summed E-state index contributed by atoms with van der Waals surface area (Å²) in [6, 6.07) is 0. The van der Waals surface area contributed by atoms with Crippen LogP contribution in [0.4, 0.5) is 0 Å². The molecule has 0 amide bonds. The van der Waals surface area contributed by atoms with Crippen molar-refractivity contribution in [1.29, 1.82) is 0 Å². The van der Waals surface area contributed by atoms with Crippen LogP contribution in [0.2, 0.25) is 0 Å². The summed E-state index contributed by atoms with van der Waals surface area (Å²) in [5.41, 5.74) is 6.30. The Labute approximate surface area is 56.6 Å². The van der Waals surface area contributed by atoms with E-state index in [1.165, 1.54) is 32.1 Å². The maximum atomic E-state index is 5.64. The summed E-state index contributed by atoms with van der Waals surface area (Å²) < 4.78 is 0. The molecule has 2 rings (SSSR count). The fourth-order valence-corrected chi connectivity index (χ4v) is 1.60. The van der Waals surface area contributed by atoms with Crippen LogP contribution in [-0.2, 0) is 0 Å². The molecule has 0 aromatic heterocycles. The number of nitrogens with two attached hydrogens (primary N) is 1. The van der Waals surface area contributed by atoms with Gasteiger partial charge in [-0.15, -0.1) is 0 Å². The van der Waals surface area contributed by atoms with Crippen LogP contribution in [0.15, 0.2) is 0 Å². The van der Waals surface area contributed by atoms with Gasteiger partial charge in [0.25, 0.3) is 0 Å². The molecule has 0 unspecified atom stereocenters. The zero-order valence-electron chi connectivity index (χ0n) is 5.90. The van der Waals surface area contributed by atoms with E-state index in [0.29, 0.717) is 5.41 Å². The highest BCUT2D eigenvalue weighted by molar-refractivity contribution is 4.97. The summed E-state index contributed by atoms with van der Waals surface area (Å²) in [4.78, 5) is 0. The van der Waals surface area contributed by atoms with Crippen LogP contribution >= 0.6 is 0 Å². The molecular formula is C8H15N. The highest BCUT2D eigenvalue weighted by Gasteiger charge is 2.44. The monoisotopic (exact) mass is 125 g/mol. The molecule has 2 fully saturated rings. The van der Waals surface area contributed by atoms with Crippen LogP contribution in [0.5, 0.6) is 0 Å². The number of hydrogen-bond acceptors (Lipinski definition) is 1. The van der Waals surface area contributed by atoms with Crippen molar-refractivity contribution in [1.82, 2.24) is 0 Å². The second-order valence-electron chi connectivity index (χ2n) is 3.85. The van der Waals surface area contributed by atoms with Crippen molar-refractivity contribution in [3.8, 4) is 0 Å². The second kappa shape index (κ2) is 1.72. The van der Waals surface area contributed by atoms with Crippen LogP contribution in [0.1, 0.15) is 32.1 Å². The maximum absolute atomic E-state index is 5.64. The second-order valence-corrected chi connectivity index (χ2v) is 3.85. The molecule has 0 aromatic carbocycles. The van der Waals surface area contributed by atoms with Crippen LogP contribution in [0.25, 0.3) is 0 Å². The lowest BCUT2D eigenvalue weighted by atomic mass is 10.00. The fraction of sp³-hybridized carbons (Fsp3) is 1.00. The summed E-state index contributed by atoms with van der Waals surface area (Å²) in [6.45, 7) is 0.948.